The van der Waals surface area contributed by atoms with Crippen molar-refractivity contribution in [2.75, 3.05) is 39.9 Å². The lowest BCUT2D eigenvalue weighted by molar-refractivity contribution is 0.115. The molecule has 2 N–H and O–H groups in total. The topological polar surface area (TPSA) is 52.7 Å². The maximum Gasteiger partial charge on any atom is 0.193 e. The number of aryl methyl sites for hydroxylation is 1. The number of benzene rings is 1. The number of fused-ring (bicyclic) bond motifs is 1. The van der Waals surface area contributed by atoms with Gasteiger partial charge in [0.15, 0.2) is 5.96 Å². The maximum absolute atomic E-state index is 5.75. The predicted octanol–water partition coefficient (Wildman–Crippen LogP) is 3.96. The Labute approximate surface area is 180 Å². The second-order valence-corrected chi connectivity index (χ2v) is 7.24. The smallest absolute Gasteiger partial charge is 0.193 e. The fraction of sp³-hybridized carbons (Fsp3) is 0.571. The molecule has 0 atom stereocenters. The van der Waals surface area contributed by atoms with Crippen molar-refractivity contribution in [3.63, 3.8) is 0 Å². The number of aliphatic imine (C=N–C) groups is 1. The van der Waals surface area contributed by atoms with E-state index in [1.54, 1.807) is 0 Å². The Morgan fingerprint density at radius 1 is 1.37 bits per heavy atom. The highest BCUT2D eigenvalue weighted by Crippen LogP contribution is 2.28. The lowest BCUT2D eigenvalue weighted by atomic mass is 10.1. The Morgan fingerprint density at radius 3 is 2.93 bits per heavy atom. The number of H-pyrrole nitrogens is 1. The lowest BCUT2D eigenvalue weighted by Gasteiger charge is -2.22. The average Bonchev–Trinajstić information content (AvgIpc) is 3.37. The molecule has 0 unspecified atom stereocenters. The predicted molar refractivity (Wildman–Crippen MR) is 124 cm³/mol. The van der Waals surface area contributed by atoms with E-state index in [1.165, 1.54) is 34.9 Å². The molecule has 2 aromatic rings. The van der Waals surface area contributed by atoms with Crippen molar-refractivity contribution in [1.29, 1.82) is 0 Å². The molecule has 150 valence electrons. The van der Waals surface area contributed by atoms with Gasteiger partial charge >= 0.3 is 0 Å². The molecule has 1 aliphatic carbocycles. The summed E-state index contributed by atoms with van der Waals surface area (Å²) < 4.78 is 5.75. The second-order valence-electron chi connectivity index (χ2n) is 7.24. The number of ether oxygens (including phenoxy) is 1. The van der Waals surface area contributed by atoms with Crippen LogP contribution >= 0.6 is 24.0 Å². The molecule has 1 aromatic heterocycles. The molecule has 1 heterocycles. The molecular formula is C21H33IN4O. The quantitative estimate of drug-likeness (QED) is 0.245. The second kappa shape index (κ2) is 10.9. The van der Waals surface area contributed by atoms with Crippen molar-refractivity contribution in [3.05, 3.63) is 35.5 Å². The van der Waals surface area contributed by atoms with Gasteiger partial charge in [0.25, 0.3) is 0 Å². The molecule has 27 heavy (non-hydrogen) atoms. The number of aromatic nitrogens is 1. The third-order valence-corrected chi connectivity index (χ3v) is 4.96. The van der Waals surface area contributed by atoms with E-state index in [2.05, 4.69) is 60.5 Å². The first kappa shape index (κ1) is 22.0. The summed E-state index contributed by atoms with van der Waals surface area (Å²) in [5, 5.41) is 4.73. The number of halogens is 1. The van der Waals surface area contributed by atoms with Gasteiger partial charge in [0.2, 0.25) is 0 Å². The summed E-state index contributed by atoms with van der Waals surface area (Å²) in [6.45, 7) is 8.47. The Hall–Kier alpha value is -1.28. The van der Waals surface area contributed by atoms with E-state index in [0.29, 0.717) is 0 Å². The molecule has 0 radical (unpaired) electrons. The van der Waals surface area contributed by atoms with E-state index < -0.39 is 0 Å². The van der Waals surface area contributed by atoms with Crippen LogP contribution in [0.5, 0.6) is 0 Å². The van der Waals surface area contributed by atoms with Gasteiger partial charge in [-0.1, -0.05) is 12.1 Å². The third-order valence-electron chi connectivity index (χ3n) is 4.96. The summed E-state index contributed by atoms with van der Waals surface area (Å²) >= 11 is 0. The van der Waals surface area contributed by atoms with E-state index >= 15 is 0 Å². The van der Waals surface area contributed by atoms with Crippen LogP contribution in [0.4, 0.5) is 0 Å². The number of hydrogen-bond acceptors (Lipinski definition) is 2. The van der Waals surface area contributed by atoms with E-state index in [1.807, 2.05) is 0 Å². The van der Waals surface area contributed by atoms with Gasteiger partial charge in [0.05, 0.1) is 6.61 Å². The Morgan fingerprint density at radius 2 is 2.19 bits per heavy atom. The molecule has 1 fully saturated rings. The van der Waals surface area contributed by atoms with Gasteiger partial charge in [0, 0.05) is 50.4 Å². The minimum atomic E-state index is 0. The molecule has 0 amide bonds. The van der Waals surface area contributed by atoms with E-state index in [-0.39, 0.29) is 24.0 Å². The lowest BCUT2D eigenvalue weighted by Crippen LogP contribution is -2.40. The molecule has 0 bridgehead atoms. The van der Waals surface area contributed by atoms with Crippen LogP contribution < -0.4 is 5.32 Å². The number of nitrogens with zero attached hydrogens (tertiary/aromatic N) is 2. The normalized spacial score (nSPS) is 14.3. The maximum atomic E-state index is 5.75. The average molecular weight is 484 g/mol. The zero-order chi connectivity index (χ0) is 18.4. The monoisotopic (exact) mass is 484 g/mol. The zero-order valence-corrected chi connectivity index (χ0v) is 19.1. The number of nitrogens with one attached hydrogen (secondary N) is 2. The van der Waals surface area contributed by atoms with Crippen molar-refractivity contribution in [2.24, 2.45) is 10.9 Å². The van der Waals surface area contributed by atoms with Crippen LogP contribution in [0.25, 0.3) is 10.9 Å². The standard InChI is InChI=1S/C21H32N4O.HI/c1-4-22-21(25(3)12-13-26-15-17-8-9-17)23-11-10-18-14-24-19-7-5-6-16(2)20(18)19;/h5-7,14,17,24H,4,8-13,15H2,1-3H3,(H,22,23);1H. The molecule has 0 aliphatic heterocycles. The summed E-state index contributed by atoms with van der Waals surface area (Å²) in [4.78, 5) is 10.3. The first-order valence-corrected chi connectivity index (χ1v) is 9.81. The highest BCUT2D eigenvalue weighted by atomic mass is 127. The largest absolute Gasteiger partial charge is 0.379 e. The van der Waals surface area contributed by atoms with Crippen molar-refractivity contribution in [1.82, 2.24) is 15.2 Å². The fourth-order valence-electron chi connectivity index (χ4n) is 3.24. The van der Waals surface area contributed by atoms with Gasteiger partial charge in [-0.25, -0.2) is 0 Å². The van der Waals surface area contributed by atoms with E-state index in [0.717, 1.165) is 51.1 Å². The fourth-order valence-corrected chi connectivity index (χ4v) is 3.24. The van der Waals surface area contributed by atoms with Crippen molar-refractivity contribution >= 4 is 40.8 Å². The Kier molecular flexibility index (Phi) is 8.89. The summed E-state index contributed by atoms with van der Waals surface area (Å²) in [6.07, 6.45) is 5.74. The number of likely N-dealkylation sites (N-methyl/N-ethyl adjacent to an activating group) is 1. The summed E-state index contributed by atoms with van der Waals surface area (Å²) in [5.74, 6) is 1.78. The Balaban J connectivity index is 0.00000261. The van der Waals surface area contributed by atoms with Crippen LogP contribution in [0.2, 0.25) is 0 Å². The summed E-state index contributed by atoms with van der Waals surface area (Å²) in [7, 11) is 2.08. The first-order valence-electron chi connectivity index (χ1n) is 9.81. The van der Waals surface area contributed by atoms with Crippen molar-refractivity contribution < 1.29 is 4.74 Å². The minimum absolute atomic E-state index is 0. The van der Waals surface area contributed by atoms with Gasteiger partial charge in [-0.2, -0.15) is 0 Å². The third kappa shape index (κ3) is 6.38. The molecule has 1 aliphatic rings. The van der Waals surface area contributed by atoms with Gasteiger partial charge < -0.3 is 19.9 Å². The molecule has 0 saturated heterocycles. The Bertz CT molecular complexity index is 739. The molecule has 5 nitrogen and oxygen atoms in total. The van der Waals surface area contributed by atoms with Gasteiger partial charge in [-0.05, 0) is 56.2 Å². The first-order chi connectivity index (χ1) is 12.7. The summed E-state index contributed by atoms with van der Waals surface area (Å²) in [6, 6.07) is 6.40. The summed E-state index contributed by atoms with van der Waals surface area (Å²) in [5.41, 5.74) is 3.87. The minimum Gasteiger partial charge on any atom is -0.379 e. The van der Waals surface area contributed by atoms with E-state index in [4.69, 9.17) is 9.73 Å². The van der Waals surface area contributed by atoms with E-state index in [9.17, 15) is 0 Å². The van der Waals surface area contributed by atoms with Crippen LogP contribution in [0.15, 0.2) is 29.4 Å². The van der Waals surface area contributed by atoms with Crippen LogP contribution in [-0.2, 0) is 11.2 Å². The molecule has 6 heteroatoms. The van der Waals surface area contributed by atoms with Gasteiger partial charge in [-0.15, -0.1) is 24.0 Å². The van der Waals surface area contributed by atoms with Crippen LogP contribution in [0.1, 0.15) is 30.9 Å². The number of aromatic amines is 1. The SMILES string of the molecule is CCNC(=NCCc1c[nH]c2cccc(C)c12)N(C)CCOCC1CC1.I. The molecule has 1 saturated carbocycles. The van der Waals surface area contributed by atoms with Gasteiger partial charge in [-0.3, -0.25) is 4.99 Å². The molecule has 0 spiro atoms. The van der Waals surface area contributed by atoms with Crippen LogP contribution in [0.3, 0.4) is 0 Å². The van der Waals surface area contributed by atoms with Crippen LogP contribution in [0, 0.1) is 12.8 Å². The van der Waals surface area contributed by atoms with Gasteiger partial charge in [0.1, 0.15) is 0 Å². The highest BCUT2D eigenvalue weighted by molar-refractivity contribution is 14.0. The molecule has 3 rings (SSSR count). The van der Waals surface area contributed by atoms with Crippen molar-refractivity contribution in [3.8, 4) is 0 Å². The molecular weight excluding hydrogens is 451 g/mol. The highest BCUT2D eigenvalue weighted by Gasteiger charge is 2.21. The number of hydrogen-bond donors (Lipinski definition) is 2. The molecule has 1 aromatic carbocycles. The number of guanidine groups is 1. The van der Waals surface area contributed by atoms with Crippen molar-refractivity contribution in [2.45, 2.75) is 33.1 Å². The number of rotatable bonds is 9. The zero-order valence-electron chi connectivity index (χ0n) is 16.8. The van der Waals surface area contributed by atoms with Crippen LogP contribution in [-0.4, -0.2) is 55.7 Å².